The van der Waals surface area contributed by atoms with Crippen LogP contribution in [0.2, 0.25) is 0 Å². The summed E-state index contributed by atoms with van der Waals surface area (Å²) < 4.78 is 4.98. The largest absolute Gasteiger partial charge is 0.385 e. The van der Waals surface area contributed by atoms with Crippen molar-refractivity contribution < 1.29 is 14.6 Å². The van der Waals surface area contributed by atoms with Crippen LogP contribution in [0.15, 0.2) is 24.3 Å². The maximum Gasteiger partial charge on any atom is 0.252 e. The maximum absolute atomic E-state index is 12.1. The fraction of sp³-hybridized carbons (Fsp3) is 0.400. The Hall–Kier alpha value is -1.83. The van der Waals surface area contributed by atoms with Gasteiger partial charge < -0.3 is 15.2 Å². The van der Waals surface area contributed by atoms with Gasteiger partial charge in [-0.3, -0.25) is 4.79 Å². The van der Waals surface area contributed by atoms with Gasteiger partial charge in [-0.2, -0.15) is 0 Å². The molecule has 1 amide bonds. The predicted octanol–water partition coefficient (Wildman–Crippen LogP) is 1.19. The Bertz CT molecular complexity index is 474. The Balaban J connectivity index is 2.76. The predicted molar refractivity (Wildman–Crippen MR) is 73.8 cm³/mol. The third-order valence-electron chi connectivity index (χ3n) is 2.61. The molecule has 1 rings (SSSR count). The second-order valence-corrected chi connectivity index (χ2v) is 4.16. The first-order chi connectivity index (χ1) is 9.19. The first-order valence-electron chi connectivity index (χ1n) is 6.17. The number of rotatable bonds is 5. The normalized spacial score (nSPS) is 11.3. The summed E-state index contributed by atoms with van der Waals surface area (Å²) >= 11 is 0. The molecule has 0 spiro atoms. The number of carbonyl (C=O) groups excluding carboxylic acids is 1. The van der Waals surface area contributed by atoms with Gasteiger partial charge in [0.1, 0.15) is 6.61 Å². The molecule has 0 aromatic heterocycles. The van der Waals surface area contributed by atoms with Gasteiger partial charge in [0.2, 0.25) is 0 Å². The molecular formula is C15H19NO3. The Morgan fingerprint density at radius 1 is 1.47 bits per heavy atom. The van der Waals surface area contributed by atoms with Crippen molar-refractivity contribution in [2.45, 2.75) is 19.4 Å². The zero-order chi connectivity index (χ0) is 14.1. The third kappa shape index (κ3) is 5.12. The van der Waals surface area contributed by atoms with Crippen molar-refractivity contribution in [1.82, 2.24) is 5.32 Å². The van der Waals surface area contributed by atoms with Gasteiger partial charge >= 0.3 is 0 Å². The number of amides is 1. The monoisotopic (exact) mass is 261 g/mol. The SMILES string of the molecule is COCCC(C)NC(=O)c1ccccc1C#CCO. The highest BCUT2D eigenvalue weighted by Gasteiger charge is 2.12. The lowest BCUT2D eigenvalue weighted by atomic mass is 10.1. The molecule has 1 atom stereocenters. The third-order valence-corrected chi connectivity index (χ3v) is 2.61. The van der Waals surface area contributed by atoms with Gasteiger partial charge in [-0.05, 0) is 25.5 Å². The molecular weight excluding hydrogens is 242 g/mol. The molecule has 0 heterocycles. The smallest absolute Gasteiger partial charge is 0.252 e. The van der Waals surface area contributed by atoms with E-state index < -0.39 is 0 Å². The van der Waals surface area contributed by atoms with Gasteiger partial charge in [0.15, 0.2) is 0 Å². The van der Waals surface area contributed by atoms with Gasteiger partial charge in [0, 0.05) is 25.3 Å². The van der Waals surface area contributed by atoms with Crippen LogP contribution in [0.5, 0.6) is 0 Å². The van der Waals surface area contributed by atoms with Crippen molar-refractivity contribution in [3.05, 3.63) is 35.4 Å². The molecule has 0 aliphatic carbocycles. The van der Waals surface area contributed by atoms with Crippen LogP contribution in [-0.2, 0) is 4.74 Å². The fourth-order valence-corrected chi connectivity index (χ4v) is 1.59. The van der Waals surface area contributed by atoms with Crippen molar-refractivity contribution in [1.29, 1.82) is 0 Å². The summed E-state index contributed by atoms with van der Waals surface area (Å²) in [5.74, 6) is 5.17. The van der Waals surface area contributed by atoms with Crippen molar-refractivity contribution in [2.75, 3.05) is 20.3 Å². The van der Waals surface area contributed by atoms with E-state index in [0.717, 1.165) is 6.42 Å². The second kappa shape index (κ2) is 8.30. The number of hydrogen-bond donors (Lipinski definition) is 2. The minimum absolute atomic E-state index is 0.0336. The minimum Gasteiger partial charge on any atom is -0.385 e. The molecule has 0 aliphatic heterocycles. The van der Waals surface area contributed by atoms with Crippen LogP contribution < -0.4 is 5.32 Å². The van der Waals surface area contributed by atoms with Crippen molar-refractivity contribution >= 4 is 5.91 Å². The van der Waals surface area contributed by atoms with Crippen LogP contribution in [0.3, 0.4) is 0 Å². The van der Waals surface area contributed by atoms with E-state index in [-0.39, 0.29) is 18.6 Å². The second-order valence-electron chi connectivity index (χ2n) is 4.16. The van der Waals surface area contributed by atoms with E-state index in [1.165, 1.54) is 0 Å². The maximum atomic E-state index is 12.1. The van der Waals surface area contributed by atoms with E-state index in [9.17, 15) is 4.79 Å². The Morgan fingerprint density at radius 3 is 2.89 bits per heavy atom. The topological polar surface area (TPSA) is 58.6 Å². The lowest BCUT2D eigenvalue weighted by Gasteiger charge is -2.14. The summed E-state index contributed by atoms with van der Waals surface area (Å²) in [6.45, 7) is 2.31. The van der Waals surface area contributed by atoms with Gasteiger partial charge in [-0.1, -0.05) is 24.0 Å². The number of nitrogens with one attached hydrogen (secondary N) is 1. The number of methoxy groups -OCH3 is 1. The van der Waals surface area contributed by atoms with Crippen LogP contribution in [0.1, 0.15) is 29.3 Å². The van der Waals surface area contributed by atoms with Gasteiger partial charge in [0.25, 0.3) is 5.91 Å². The van der Waals surface area contributed by atoms with Gasteiger partial charge in [-0.25, -0.2) is 0 Å². The van der Waals surface area contributed by atoms with E-state index in [2.05, 4.69) is 17.2 Å². The van der Waals surface area contributed by atoms with Crippen molar-refractivity contribution in [3.8, 4) is 11.8 Å². The first-order valence-corrected chi connectivity index (χ1v) is 6.17. The quantitative estimate of drug-likeness (QED) is 0.783. The summed E-state index contributed by atoms with van der Waals surface area (Å²) in [6, 6.07) is 7.12. The molecule has 4 nitrogen and oxygen atoms in total. The summed E-state index contributed by atoms with van der Waals surface area (Å²) in [6.07, 6.45) is 0.757. The molecule has 0 radical (unpaired) electrons. The molecule has 4 heteroatoms. The van der Waals surface area contributed by atoms with Crippen LogP contribution in [0, 0.1) is 11.8 Å². The molecule has 2 N–H and O–H groups in total. The molecule has 1 aromatic rings. The van der Waals surface area contributed by atoms with E-state index in [4.69, 9.17) is 9.84 Å². The average molecular weight is 261 g/mol. The standard InChI is InChI=1S/C15H19NO3/c1-12(9-11-19-2)16-15(18)14-8-4-3-6-13(14)7-5-10-17/h3-4,6,8,12,17H,9-11H2,1-2H3,(H,16,18). The van der Waals surface area contributed by atoms with E-state index in [1.54, 1.807) is 25.3 Å². The summed E-state index contributed by atoms with van der Waals surface area (Å²) in [5.41, 5.74) is 1.14. The Morgan fingerprint density at radius 2 is 2.21 bits per heavy atom. The lowest BCUT2D eigenvalue weighted by Crippen LogP contribution is -2.33. The van der Waals surface area contributed by atoms with E-state index in [0.29, 0.717) is 17.7 Å². The number of hydrogen-bond acceptors (Lipinski definition) is 3. The lowest BCUT2D eigenvalue weighted by molar-refractivity contribution is 0.0929. The molecule has 19 heavy (non-hydrogen) atoms. The molecule has 1 aromatic carbocycles. The number of aliphatic hydroxyl groups is 1. The highest BCUT2D eigenvalue weighted by atomic mass is 16.5. The first kappa shape index (κ1) is 15.2. The molecule has 0 bridgehead atoms. The Kier molecular flexibility index (Phi) is 6.65. The molecule has 0 saturated carbocycles. The van der Waals surface area contributed by atoms with Crippen LogP contribution in [0.4, 0.5) is 0 Å². The number of carbonyl (C=O) groups is 1. The van der Waals surface area contributed by atoms with Crippen molar-refractivity contribution in [2.24, 2.45) is 0 Å². The fourth-order valence-electron chi connectivity index (χ4n) is 1.59. The molecule has 0 saturated heterocycles. The van der Waals surface area contributed by atoms with Crippen LogP contribution in [-0.4, -0.2) is 37.4 Å². The van der Waals surface area contributed by atoms with E-state index in [1.807, 2.05) is 13.0 Å². The zero-order valence-corrected chi connectivity index (χ0v) is 11.3. The Labute approximate surface area is 113 Å². The number of aliphatic hydroxyl groups excluding tert-OH is 1. The van der Waals surface area contributed by atoms with Crippen molar-refractivity contribution in [3.63, 3.8) is 0 Å². The summed E-state index contributed by atoms with van der Waals surface area (Å²) in [5, 5.41) is 11.6. The minimum atomic E-state index is -0.222. The highest BCUT2D eigenvalue weighted by molar-refractivity contribution is 5.96. The van der Waals surface area contributed by atoms with Crippen LogP contribution >= 0.6 is 0 Å². The summed E-state index contributed by atoms with van der Waals surface area (Å²) in [7, 11) is 1.63. The van der Waals surface area contributed by atoms with E-state index >= 15 is 0 Å². The number of ether oxygens (including phenoxy) is 1. The number of benzene rings is 1. The molecule has 0 fully saturated rings. The molecule has 0 aliphatic rings. The summed E-state index contributed by atoms with van der Waals surface area (Å²) in [4.78, 5) is 12.1. The average Bonchev–Trinajstić information content (AvgIpc) is 2.43. The zero-order valence-electron chi connectivity index (χ0n) is 11.3. The van der Waals surface area contributed by atoms with Gasteiger partial charge in [-0.15, -0.1) is 0 Å². The molecule has 102 valence electrons. The molecule has 1 unspecified atom stereocenters. The van der Waals surface area contributed by atoms with Crippen LogP contribution in [0.25, 0.3) is 0 Å². The highest BCUT2D eigenvalue weighted by Crippen LogP contribution is 2.08. The van der Waals surface area contributed by atoms with Gasteiger partial charge in [0.05, 0.1) is 5.56 Å².